The fourth-order valence-electron chi connectivity index (χ4n) is 2.82. The van der Waals surface area contributed by atoms with Gasteiger partial charge in [0.15, 0.2) is 0 Å². The number of fused-ring (bicyclic) bond motifs is 1. The number of sulfonamides is 1. The van der Waals surface area contributed by atoms with Gasteiger partial charge in [-0.3, -0.25) is 0 Å². The van der Waals surface area contributed by atoms with Crippen LogP contribution in [0.5, 0.6) is 11.5 Å². The van der Waals surface area contributed by atoms with Crippen molar-refractivity contribution in [2.75, 3.05) is 19.4 Å². The van der Waals surface area contributed by atoms with E-state index >= 15 is 0 Å². The molecule has 0 radical (unpaired) electrons. The largest absolute Gasteiger partial charge is 0.493 e. The average Bonchev–Trinajstić information content (AvgIpc) is 3.24. The van der Waals surface area contributed by atoms with E-state index in [9.17, 15) is 31.0 Å². The summed E-state index contributed by atoms with van der Waals surface area (Å²) in [5.41, 5.74) is 6.18. The minimum absolute atomic E-state index is 0.102. The van der Waals surface area contributed by atoms with Crippen molar-refractivity contribution in [2.24, 2.45) is 5.11 Å². The average molecular weight is 561 g/mol. The van der Waals surface area contributed by atoms with E-state index in [0.29, 0.717) is 21.9 Å². The number of ether oxygens (including phenoxy) is 1. The van der Waals surface area contributed by atoms with Crippen LogP contribution in [0.2, 0.25) is 0 Å². The molecule has 0 aliphatic rings. The molecule has 1 atom stereocenters. The molecule has 0 fully saturated rings. The summed E-state index contributed by atoms with van der Waals surface area (Å²) in [6.45, 7) is 0.215. The van der Waals surface area contributed by atoms with Crippen molar-refractivity contribution in [3.05, 3.63) is 64.0 Å². The molecule has 1 unspecified atom stereocenters. The summed E-state index contributed by atoms with van der Waals surface area (Å²) in [5, 5.41) is 12.7. The molecule has 1 heterocycles. The SMILES string of the molecule is N#Cc1ccc(OP(=O)(O)CNS(=O)(=O)c2cc3cc(OCCN=[N+]=[N-])ccc3s2)cc1C(F)(F)F. The number of nitrogens with zero attached hydrogens (tertiary/aromatic N) is 4. The van der Waals surface area contributed by atoms with Crippen LogP contribution in [0, 0.1) is 11.3 Å². The van der Waals surface area contributed by atoms with E-state index < -0.39 is 47.0 Å². The first-order valence-corrected chi connectivity index (χ1v) is 13.7. The molecule has 190 valence electrons. The molecule has 0 aliphatic carbocycles. The van der Waals surface area contributed by atoms with Crippen LogP contribution >= 0.6 is 18.9 Å². The normalized spacial score (nSPS) is 13.4. The number of alkyl halides is 3. The lowest BCUT2D eigenvalue weighted by atomic mass is 10.1. The van der Waals surface area contributed by atoms with E-state index in [2.05, 4.69) is 10.0 Å². The van der Waals surface area contributed by atoms with E-state index in [0.717, 1.165) is 23.5 Å². The van der Waals surface area contributed by atoms with Gasteiger partial charge in [-0.25, -0.2) is 13.0 Å². The van der Waals surface area contributed by atoms with Gasteiger partial charge in [-0.05, 0) is 53.4 Å². The van der Waals surface area contributed by atoms with Crippen molar-refractivity contribution in [1.82, 2.24) is 4.72 Å². The van der Waals surface area contributed by atoms with Crippen LogP contribution in [0.25, 0.3) is 20.5 Å². The number of halogens is 3. The predicted octanol–water partition coefficient (Wildman–Crippen LogP) is 4.98. The summed E-state index contributed by atoms with van der Waals surface area (Å²) in [6, 6.07) is 9.46. The third-order valence-electron chi connectivity index (χ3n) is 4.37. The second kappa shape index (κ2) is 10.8. The van der Waals surface area contributed by atoms with Crippen LogP contribution in [0.4, 0.5) is 13.2 Å². The smallest absolute Gasteiger partial charge is 0.417 e. The van der Waals surface area contributed by atoms with Gasteiger partial charge in [0, 0.05) is 9.61 Å². The predicted molar refractivity (Wildman–Crippen MR) is 123 cm³/mol. The summed E-state index contributed by atoms with van der Waals surface area (Å²) in [6.07, 6.45) is -6.04. The number of rotatable bonds is 10. The van der Waals surface area contributed by atoms with Crippen molar-refractivity contribution >= 4 is 39.0 Å². The van der Waals surface area contributed by atoms with Crippen LogP contribution < -0.4 is 14.0 Å². The highest BCUT2D eigenvalue weighted by atomic mass is 32.2. The fraction of sp³-hybridized carbons (Fsp3) is 0.211. The van der Waals surface area contributed by atoms with E-state index in [1.165, 1.54) is 12.1 Å². The lowest BCUT2D eigenvalue weighted by Crippen LogP contribution is -2.25. The Morgan fingerprint density at radius 3 is 2.61 bits per heavy atom. The third kappa shape index (κ3) is 6.88. The number of hydrogen-bond donors (Lipinski definition) is 2. The molecule has 3 rings (SSSR count). The minimum Gasteiger partial charge on any atom is -0.493 e. The number of nitriles is 1. The maximum absolute atomic E-state index is 13.1. The second-order valence-corrected chi connectivity index (χ2v) is 11.8. The zero-order chi connectivity index (χ0) is 26.6. The highest BCUT2D eigenvalue weighted by molar-refractivity contribution is 7.92. The molecule has 17 heteroatoms. The fourth-order valence-corrected chi connectivity index (χ4v) is 6.74. The molecule has 0 amide bonds. The Hall–Kier alpha value is -3.31. The molecule has 0 spiro atoms. The van der Waals surface area contributed by atoms with E-state index in [-0.39, 0.29) is 17.4 Å². The summed E-state index contributed by atoms with van der Waals surface area (Å²) in [7, 11) is -9.07. The zero-order valence-electron chi connectivity index (χ0n) is 17.8. The molecule has 0 bridgehead atoms. The number of thiophene rings is 1. The van der Waals surface area contributed by atoms with Gasteiger partial charge in [-0.15, -0.1) is 11.3 Å². The van der Waals surface area contributed by atoms with Gasteiger partial charge < -0.3 is 14.2 Å². The van der Waals surface area contributed by atoms with Gasteiger partial charge in [0.2, 0.25) is 0 Å². The van der Waals surface area contributed by atoms with E-state index in [1.807, 2.05) is 4.72 Å². The number of benzene rings is 2. The molecule has 1 aromatic heterocycles. The van der Waals surface area contributed by atoms with Crippen molar-refractivity contribution in [3.63, 3.8) is 0 Å². The Bertz CT molecular complexity index is 1530. The van der Waals surface area contributed by atoms with Crippen LogP contribution in [-0.4, -0.2) is 32.7 Å². The highest BCUT2D eigenvalue weighted by Gasteiger charge is 2.35. The van der Waals surface area contributed by atoms with Gasteiger partial charge in [-0.2, -0.15) is 23.2 Å². The number of azide groups is 1. The van der Waals surface area contributed by atoms with Gasteiger partial charge in [0.05, 0.1) is 30.3 Å². The summed E-state index contributed by atoms with van der Waals surface area (Å²) >= 11 is 0.868. The monoisotopic (exact) mass is 561 g/mol. The third-order valence-corrected chi connectivity index (χ3v) is 8.63. The van der Waals surface area contributed by atoms with Crippen LogP contribution in [0.15, 0.2) is 51.8 Å². The lowest BCUT2D eigenvalue weighted by molar-refractivity contribution is -0.137. The maximum atomic E-state index is 13.1. The molecule has 0 saturated heterocycles. The Labute approximate surface area is 205 Å². The molecule has 0 aliphatic heterocycles. The minimum atomic E-state index is -4.91. The van der Waals surface area contributed by atoms with Crippen LogP contribution in [0.1, 0.15) is 11.1 Å². The van der Waals surface area contributed by atoms with Gasteiger partial charge in [0.25, 0.3) is 10.0 Å². The standard InChI is InChI=1S/C19H15F3N5O6PS2/c20-19(21,22)16-9-15(2-1-12(16)10-23)33-34(28,29)11-26-36(30,31)18-8-13-7-14(3-4-17(13)35-18)32-6-5-25-27-24/h1-4,7-9,26H,5-6,11H2,(H,28,29). The van der Waals surface area contributed by atoms with Crippen molar-refractivity contribution < 1.29 is 40.3 Å². The Morgan fingerprint density at radius 1 is 1.22 bits per heavy atom. The first-order chi connectivity index (χ1) is 16.8. The van der Waals surface area contributed by atoms with Crippen LogP contribution in [0.3, 0.4) is 0 Å². The summed E-state index contributed by atoms with van der Waals surface area (Å²) < 4.78 is 89.4. The molecule has 3 aromatic rings. The van der Waals surface area contributed by atoms with Gasteiger partial charge in [0.1, 0.15) is 22.0 Å². The lowest BCUT2D eigenvalue weighted by Gasteiger charge is -2.16. The topological polar surface area (TPSA) is 174 Å². The Balaban J connectivity index is 1.72. The van der Waals surface area contributed by atoms with Crippen molar-refractivity contribution in [2.45, 2.75) is 10.4 Å². The Kier molecular flexibility index (Phi) is 8.15. The highest BCUT2D eigenvalue weighted by Crippen LogP contribution is 2.44. The number of hydrogen-bond acceptors (Lipinski definition) is 8. The van der Waals surface area contributed by atoms with E-state index in [1.54, 1.807) is 18.2 Å². The Morgan fingerprint density at radius 2 is 1.94 bits per heavy atom. The first-order valence-electron chi connectivity index (χ1n) is 9.64. The molecular formula is C19H15F3N5O6PS2. The summed E-state index contributed by atoms with van der Waals surface area (Å²) in [5.74, 6) is -0.263. The van der Waals surface area contributed by atoms with Gasteiger partial charge >= 0.3 is 13.8 Å². The zero-order valence-corrected chi connectivity index (χ0v) is 20.4. The molecule has 11 nitrogen and oxygen atoms in total. The molecular weight excluding hydrogens is 546 g/mol. The van der Waals surface area contributed by atoms with E-state index in [4.69, 9.17) is 20.1 Å². The molecule has 2 N–H and O–H groups in total. The second-order valence-electron chi connectivity index (χ2n) is 6.92. The molecule has 36 heavy (non-hydrogen) atoms. The molecule has 2 aromatic carbocycles. The summed E-state index contributed by atoms with van der Waals surface area (Å²) in [4.78, 5) is 12.6. The van der Waals surface area contributed by atoms with Crippen LogP contribution in [-0.2, 0) is 20.8 Å². The maximum Gasteiger partial charge on any atom is 0.417 e. The van der Waals surface area contributed by atoms with Gasteiger partial charge in [-0.1, -0.05) is 5.11 Å². The number of nitrogens with one attached hydrogen (secondary N) is 1. The molecule has 0 saturated carbocycles. The van der Waals surface area contributed by atoms with Crippen molar-refractivity contribution in [3.8, 4) is 17.6 Å². The van der Waals surface area contributed by atoms with Crippen molar-refractivity contribution in [1.29, 1.82) is 5.26 Å². The first kappa shape index (κ1) is 27.3. The quantitative estimate of drug-likeness (QED) is 0.115.